The first-order valence-electron chi connectivity index (χ1n) is 7.65. The van der Waals surface area contributed by atoms with Gasteiger partial charge in [-0.05, 0) is 36.4 Å². The third kappa shape index (κ3) is 4.97. The number of hydrogen-bond acceptors (Lipinski definition) is 5. The summed E-state index contributed by atoms with van der Waals surface area (Å²) >= 11 is 0. The van der Waals surface area contributed by atoms with Gasteiger partial charge >= 0.3 is 11.8 Å². The predicted molar refractivity (Wildman–Crippen MR) is 97.6 cm³/mol. The van der Waals surface area contributed by atoms with Gasteiger partial charge in [-0.3, -0.25) is 14.4 Å². The van der Waals surface area contributed by atoms with E-state index in [2.05, 4.69) is 16.0 Å². The number of nitrogens with one attached hydrogen (secondary N) is 3. The van der Waals surface area contributed by atoms with Crippen LogP contribution in [0.4, 0.5) is 17.1 Å². The van der Waals surface area contributed by atoms with Crippen LogP contribution in [0.5, 0.6) is 11.5 Å². The highest BCUT2D eigenvalue weighted by molar-refractivity contribution is 6.43. The molecule has 2 aromatic rings. The first-order chi connectivity index (χ1) is 12.4. The standard InChI is InChI=1S/C18H19N3O5/c1-11(22)19-12-4-6-13(7-5-12)20-17(23)18(24)21-14-8-9-15(25-2)16(10-14)26-3/h4-10H,1-3H3,(H,19,22)(H,20,23)(H,21,24). The largest absolute Gasteiger partial charge is 0.493 e. The number of carbonyl (C=O) groups is 3. The van der Waals surface area contributed by atoms with Crippen LogP contribution in [-0.4, -0.2) is 31.9 Å². The fraction of sp³-hybridized carbons (Fsp3) is 0.167. The van der Waals surface area contributed by atoms with Gasteiger partial charge in [0.05, 0.1) is 14.2 Å². The van der Waals surface area contributed by atoms with Gasteiger partial charge in [0, 0.05) is 30.1 Å². The molecule has 2 rings (SSSR count). The summed E-state index contributed by atoms with van der Waals surface area (Å²) in [5, 5.41) is 7.56. The number of methoxy groups -OCH3 is 2. The Balaban J connectivity index is 1.99. The summed E-state index contributed by atoms with van der Waals surface area (Å²) in [5.74, 6) is -0.917. The Labute approximate surface area is 150 Å². The molecule has 0 heterocycles. The lowest BCUT2D eigenvalue weighted by atomic mass is 10.2. The Morgan fingerprint density at radius 1 is 0.692 bits per heavy atom. The number of hydrogen-bond donors (Lipinski definition) is 3. The van der Waals surface area contributed by atoms with Crippen molar-refractivity contribution in [2.24, 2.45) is 0 Å². The van der Waals surface area contributed by atoms with Crippen molar-refractivity contribution in [3.05, 3.63) is 42.5 Å². The van der Waals surface area contributed by atoms with Gasteiger partial charge in [0.25, 0.3) is 0 Å². The smallest absolute Gasteiger partial charge is 0.314 e. The Morgan fingerprint density at radius 2 is 1.15 bits per heavy atom. The van der Waals surface area contributed by atoms with Crippen LogP contribution in [0.1, 0.15) is 6.92 Å². The molecule has 2 aromatic carbocycles. The van der Waals surface area contributed by atoms with Gasteiger partial charge in [-0.2, -0.15) is 0 Å². The molecule has 8 heteroatoms. The van der Waals surface area contributed by atoms with E-state index in [0.717, 1.165) is 0 Å². The van der Waals surface area contributed by atoms with Crippen molar-refractivity contribution in [3.8, 4) is 11.5 Å². The van der Waals surface area contributed by atoms with Gasteiger partial charge in [0.1, 0.15) is 0 Å². The van der Waals surface area contributed by atoms with Gasteiger partial charge in [-0.25, -0.2) is 0 Å². The average Bonchev–Trinajstić information content (AvgIpc) is 2.62. The topological polar surface area (TPSA) is 106 Å². The quantitative estimate of drug-likeness (QED) is 0.712. The van der Waals surface area contributed by atoms with Crippen molar-refractivity contribution in [1.29, 1.82) is 0 Å². The maximum Gasteiger partial charge on any atom is 0.314 e. The minimum Gasteiger partial charge on any atom is -0.493 e. The second kappa shape index (κ2) is 8.52. The average molecular weight is 357 g/mol. The molecule has 0 spiro atoms. The molecule has 0 aliphatic carbocycles. The lowest BCUT2D eigenvalue weighted by molar-refractivity contribution is -0.132. The lowest BCUT2D eigenvalue weighted by Gasteiger charge is -2.11. The highest BCUT2D eigenvalue weighted by Gasteiger charge is 2.15. The molecule has 0 radical (unpaired) electrons. The Hall–Kier alpha value is -3.55. The van der Waals surface area contributed by atoms with Crippen molar-refractivity contribution in [2.75, 3.05) is 30.2 Å². The highest BCUT2D eigenvalue weighted by Crippen LogP contribution is 2.29. The van der Waals surface area contributed by atoms with E-state index in [0.29, 0.717) is 28.6 Å². The molecular weight excluding hydrogens is 338 g/mol. The summed E-state index contributed by atoms with van der Waals surface area (Å²) in [7, 11) is 2.97. The van der Waals surface area contributed by atoms with Gasteiger partial charge in [0.2, 0.25) is 5.91 Å². The Bertz CT molecular complexity index is 818. The number of anilines is 3. The first kappa shape index (κ1) is 18.8. The molecule has 3 N–H and O–H groups in total. The van der Waals surface area contributed by atoms with Crippen molar-refractivity contribution in [2.45, 2.75) is 6.92 Å². The molecule has 136 valence electrons. The molecule has 0 unspecified atom stereocenters. The van der Waals surface area contributed by atoms with Gasteiger partial charge in [-0.15, -0.1) is 0 Å². The van der Waals surface area contributed by atoms with E-state index in [1.54, 1.807) is 42.5 Å². The van der Waals surface area contributed by atoms with Crippen LogP contribution >= 0.6 is 0 Å². The maximum atomic E-state index is 12.0. The van der Waals surface area contributed by atoms with Crippen LogP contribution in [0.3, 0.4) is 0 Å². The summed E-state index contributed by atoms with van der Waals surface area (Å²) in [6, 6.07) is 11.1. The summed E-state index contributed by atoms with van der Waals surface area (Å²) in [5.41, 5.74) is 1.40. The van der Waals surface area contributed by atoms with Crippen LogP contribution in [0, 0.1) is 0 Å². The van der Waals surface area contributed by atoms with E-state index >= 15 is 0 Å². The SMILES string of the molecule is COc1ccc(NC(=O)C(=O)Nc2ccc(NC(C)=O)cc2)cc1OC. The van der Waals surface area contributed by atoms with Crippen LogP contribution in [0.25, 0.3) is 0 Å². The molecule has 0 aliphatic rings. The molecule has 0 aliphatic heterocycles. The molecule has 0 saturated heterocycles. The lowest BCUT2D eigenvalue weighted by Crippen LogP contribution is -2.29. The molecule has 0 aromatic heterocycles. The van der Waals surface area contributed by atoms with Crippen LogP contribution in [0.15, 0.2) is 42.5 Å². The zero-order valence-corrected chi connectivity index (χ0v) is 14.6. The van der Waals surface area contributed by atoms with E-state index in [9.17, 15) is 14.4 Å². The van der Waals surface area contributed by atoms with E-state index in [4.69, 9.17) is 9.47 Å². The summed E-state index contributed by atoms with van der Waals surface area (Å²) in [4.78, 5) is 35.0. The number of carbonyl (C=O) groups excluding carboxylic acids is 3. The van der Waals surface area contributed by atoms with Crippen molar-refractivity contribution in [3.63, 3.8) is 0 Å². The monoisotopic (exact) mass is 357 g/mol. The molecule has 0 fully saturated rings. The molecular formula is C18H19N3O5. The highest BCUT2D eigenvalue weighted by atomic mass is 16.5. The number of benzene rings is 2. The fourth-order valence-corrected chi connectivity index (χ4v) is 2.13. The predicted octanol–water partition coefficient (Wildman–Crippen LogP) is 2.24. The second-order valence-electron chi connectivity index (χ2n) is 5.24. The molecule has 3 amide bonds. The van der Waals surface area contributed by atoms with Crippen molar-refractivity contribution < 1.29 is 23.9 Å². The molecule has 26 heavy (non-hydrogen) atoms. The van der Waals surface area contributed by atoms with E-state index < -0.39 is 11.8 Å². The Kier molecular flexibility index (Phi) is 6.15. The summed E-state index contributed by atoms with van der Waals surface area (Å²) in [6.07, 6.45) is 0. The van der Waals surface area contributed by atoms with Crippen LogP contribution < -0.4 is 25.4 Å². The molecule has 0 saturated carbocycles. The van der Waals surface area contributed by atoms with E-state index in [1.165, 1.54) is 21.1 Å². The third-order valence-electron chi connectivity index (χ3n) is 3.31. The van der Waals surface area contributed by atoms with Crippen molar-refractivity contribution in [1.82, 2.24) is 0 Å². The summed E-state index contributed by atoms with van der Waals surface area (Å²) in [6.45, 7) is 1.40. The van der Waals surface area contributed by atoms with Crippen LogP contribution in [-0.2, 0) is 14.4 Å². The molecule has 0 bridgehead atoms. The second-order valence-corrected chi connectivity index (χ2v) is 5.24. The number of ether oxygens (including phenoxy) is 2. The molecule has 8 nitrogen and oxygen atoms in total. The normalized spacial score (nSPS) is 9.81. The molecule has 0 atom stereocenters. The van der Waals surface area contributed by atoms with Crippen molar-refractivity contribution >= 4 is 34.8 Å². The van der Waals surface area contributed by atoms with Gasteiger partial charge < -0.3 is 25.4 Å². The zero-order valence-electron chi connectivity index (χ0n) is 14.6. The zero-order chi connectivity index (χ0) is 19.1. The Morgan fingerprint density at radius 3 is 1.65 bits per heavy atom. The minimum atomic E-state index is -0.830. The third-order valence-corrected chi connectivity index (χ3v) is 3.31. The number of rotatable bonds is 5. The minimum absolute atomic E-state index is 0.198. The van der Waals surface area contributed by atoms with E-state index in [1.807, 2.05) is 0 Å². The summed E-state index contributed by atoms with van der Waals surface area (Å²) < 4.78 is 10.3. The van der Waals surface area contributed by atoms with Gasteiger partial charge in [0.15, 0.2) is 11.5 Å². The first-order valence-corrected chi connectivity index (χ1v) is 7.65. The van der Waals surface area contributed by atoms with Gasteiger partial charge in [-0.1, -0.05) is 0 Å². The number of amides is 3. The van der Waals surface area contributed by atoms with Crippen LogP contribution in [0.2, 0.25) is 0 Å². The fourth-order valence-electron chi connectivity index (χ4n) is 2.13. The maximum absolute atomic E-state index is 12.0. The van der Waals surface area contributed by atoms with E-state index in [-0.39, 0.29) is 5.91 Å².